The molecule has 1 atom stereocenters. The molecule has 1 aromatic heterocycles. The molecule has 7 heteroatoms. The van der Waals surface area contributed by atoms with Crippen LogP contribution < -0.4 is 5.32 Å². The molecule has 118 valence electrons. The summed E-state index contributed by atoms with van der Waals surface area (Å²) in [7, 11) is 1.52. The largest absolute Gasteiger partial charge is 0.478 e. The number of rotatable bonds is 9. The summed E-state index contributed by atoms with van der Waals surface area (Å²) in [5.74, 6) is -0.766. The standard InChI is InChI=1S/C14H23N3O4/c1-4-10-11(5-2)16-17-13(12(10)14(19)20)15-7-6-9(18)8-21-3/h9,18H,4-8H2,1-3H3,(H,15,17)(H,19,20). The molecule has 0 radical (unpaired) electrons. The molecule has 1 rings (SSSR count). The molecule has 21 heavy (non-hydrogen) atoms. The third kappa shape index (κ3) is 4.64. The Kier molecular flexibility index (Phi) is 7.04. The second-order valence-electron chi connectivity index (χ2n) is 4.69. The Morgan fingerprint density at radius 1 is 1.33 bits per heavy atom. The molecule has 0 amide bonds. The van der Waals surface area contributed by atoms with E-state index in [0.29, 0.717) is 37.1 Å². The van der Waals surface area contributed by atoms with Gasteiger partial charge in [-0.1, -0.05) is 13.8 Å². The summed E-state index contributed by atoms with van der Waals surface area (Å²) >= 11 is 0. The number of aromatic carboxylic acids is 1. The number of aliphatic hydroxyl groups excluding tert-OH is 1. The van der Waals surface area contributed by atoms with Gasteiger partial charge in [-0.2, -0.15) is 5.10 Å². The Bertz CT molecular complexity index is 480. The number of hydrogen-bond donors (Lipinski definition) is 3. The Hall–Kier alpha value is -1.73. The van der Waals surface area contributed by atoms with Gasteiger partial charge in [0.05, 0.1) is 18.4 Å². The van der Waals surface area contributed by atoms with E-state index >= 15 is 0 Å². The number of carbonyl (C=O) groups is 1. The van der Waals surface area contributed by atoms with Crippen molar-refractivity contribution < 1.29 is 19.7 Å². The molecule has 0 aliphatic rings. The zero-order chi connectivity index (χ0) is 15.8. The first-order valence-electron chi connectivity index (χ1n) is 7.07. The number of hydrogen-bond acceptors (Lipinski definition) is 6. The molecule has 3 N–H and O–H groups in total. The summed E-state index contributed by atoms with van der Waals surface area (Å²) in [6.45, 7) is 4.46. The molecule has 0 aliphatic heterocycles. The van der Waals surface area contributed by atoms with E-state index in [-0.39, 0.29) is 18.0 Å². The maximum atomic E-state index is 11.5. The first-order valence-corrected chi connectivity index (χ1v) is 7.07. The van der Waals surface area contributed by atoms with Gasteiger partial charge >= 0.3 is 5.97 Å². The molecule has 0 saturated heterocycles. The summed E-state index contributed by atoms with van der Waals surface area (Å²) in [4.78, 5) is 11.5. The maximum Gasteiger partial charge on any atom is 0.339 e. The van der Waals surface area contributed by atoms with Crippen LogP contribution in [0.4, 0.5) is 5.82 Å². The highest BCUT2D eigenvalue weighted by Crippen LogP contribution is 2.21. The predicted molar refractivity (Wildman–Crippen MR) is 78.7 cm³/mol. The SMILES string of the molecule is CCc1nnc(NCCC(O)COC)c(C(=O)O)c1CC. The molecule has 0 bridgehead atoms. The van der Waals surface area contributed by atoms with Crippen molar-refractivity contribution in [1.82, 2.24) is 10.2 Å². The lowest BCUT2D eigenvalue weighted by Gasteiger charge is -2.14. The van der Waals surface area contributed by atoms with Crippen molar-refractivity contribution in [2.75, 3.05) is 25.6 Å². The zero-order valence-corrected chi connectivity index (χ0v) is 12.7. The van der Waals surface area contributed by atoms with Crippen LogP contribution >= 0.6 is 0 Å². The molecule has 1 unspecified atom stereocenters. The number of anilines is 1. The van der Waals surface area contributed by atoms with Crippen molar-refractivity contribution >= 4 is 11.8 Å². The van der Waals surface area contributed by atoms with E-state index in [2.05, 4.69) is 15.5 Å². The van der Waals surface area contributed by atoms with E-state index < -0.39 is 12.1 Å². The minimum Gasteiger partial charge on any atom is -0.478 e. The summed E-state index contributed by atoms with van der Waals surface area (Å²) in [5, 5.41) is 30.0. The average molecular weight is 297 g/mol. The molecule has 0 spiro atoms. The molecule has 1 heterocycles. The van der Waals surface area contributed by atoms with E-state index in [9.17, 15) is 15.0 Å². The van der Waals surface area contributed by atoms with Crippen LogP contribution in [-0.2, 0) is 17.6 Å². The highest BCUT2D eigenvalue weighted by atomic mass is 16.5. The fourth-order valence-electron chi connectivity index (χ4n) is 2.16. The molecule has 0 fully saturated rings. The number of aromatic nitrogens is 2. The number of carboxylic acid groups (broad SMARTS) is 1. The summed E-state index contributed by atoms with van der Waals surface area (Å²) < 4.78 is 4.84. The van der Waals surface area contributed by atoms with Crippen LogP contribution in [0, 0.1) is 0 Å². The lowest BCUT2D eigenvalue weighted by molar-refractivity contribution is 0.0615. The summed E-state index contributed by atoms with van der Waals surface area (Å²) in [6.07, 6.45) is 1.07. The lowest BCUT2D eigenvalue weighted by Crippen LogP contribution is -2.21. The molecule has 0 saturated carbocycles. The fraction of sp³-hybridized carbons (Fsp3) is 0.643. The van der Waals surface area contributed by atoms with E-state index in [4.69, 9.17) is 4.74 Å². The Morgan fingerprint density at radius 3 is 2.57 bits per heavy atom. The van der Waals surface area contributed by atoms with Gasteiger partial charge in [-0.15, -0.1) is 5.10 Å². The second kappa shape index (κ2) is 8.53. The summed E-state index contributed by atoms with van der Waals surface area (Å²) in [6, 6.07) is 0. The van der Waals surface area contributed by atoms with Gasteiger partial charge in [-0.3, -0.25) is 0 Å². The van der Waals surface area contributed by atoms with E-state index in [1.165, 1.54) is 7.11 Å². The average Bonchev–Trinajstić information content (AvgIpc) is 2.46. The predicted octanol–water partition coefficient (Wildman–Crippen LogP) is 1.11. The third-order valence-corrected chi connectivity index (χ3v) is 3.19. The van der Waals surface area contributed by atoms with Gasteiger partial charge in [-0.25, -0.2) is 4.79 Å². The van der Waals surface area contributed by atoms with Crippen LogP contribution in [0.2, 0.25) is 0 Å². The Morgan fingerprint density at radius 2 is 2.05 bits per heavy atom. The third-order valence-electron chi connectivity index (χ3n) is 3.19. The Balaban J connectivity index is 2.89. The monoisotopic (exact) mass is 297 g/mol. The fourth-order valence-corrected chi connectivity index (χ4v) is 2.16. The Labute approximate surface area is 124 Å². The van der Waals surface area contributed by atoms with Crippen molar-refractivity contribution in [3.8, 4) is 0 Å². The number of nitrogens with one attached hydrogen (secondary N) is 1. The molecule has 1 aromatic rings. The van der Waals surface area contributed by atoms with Crippen LogP contribution in [0.1, 0.15) is 41.9 Å². The normalized spacial score (nSPS) is 12.2. The topological polar surface area (TPSA) is 105 Å². The van der Waals surface area contributed by atoms with Gasteiger partial charge in [0.25, 0.3) is 0 Å². The van der Waals surface area contributed by atoms with E-state index in [1.54, 1.807) is 0 Å². The highest BCUT2D eigenvalue weighted by Gasteiger charge is 2.20. The highest BCUT2D eigenvalue weighted by molar-refractivity contribution is 5.95. The van der Waals surface area contributed by atoms with Gasteiger partial charge in [0, 0.05) is 13.7 Å². The van der Waals surface area contributed by atoms with E-state index in [0.717, 1.165) is 0 Å². The number of ether oxygens (including phenoxy) is 1. The van der Waals surface area contributed by atoms with Gasteiger partial charge in [0.2, 0.25) is 0 Å². The minimum absolute atomic E-state index is 0.172. The molecule has 0 aromatic carbocycles. The van der Waals surface area contributed by atoms with Gasteiger partial charge in [-0.05, 0) is 24.8 Å². The van der Waals surface area contributed by atoms with Crippen LogP contribution in [0.15, 0.2) is 0 Å². The van der Waals surface area contributed by atoms with Crippen LogP contribution in [0.5, 0.6) is 0 Å². The number of methoxy groups -OCH3 is 1. The smallest absolute Gasteiger partial charge is 0.339 e. The quantitative estimate of drug-likeness (QED) is 0.627. The molecule has 0 aliphatic carbocycles. The molecular weight excluding hydrogens is 274 g/mol. The van der Waals surface area contributed by atoms with Crippen LogP contribution in [0.3, 0.4) is 0 Å². The number of aliphatic hydroxyl groups is 1. The minimum atomic E-state index is -1.02. The van der Waals surface area contributed by atoms with E-state index in [1.807, 2.05) is 13.8 Å². The first-order chi connectivity index (χ1) is 10.0. The van der Waals surface area contributed by atoms with Gasteiger partial charge < -0.3 is 20.3 Å². The number of aryl methyl sites for hydroxylation is 1. The van der Waals surface area contributed by atoms with Crippen molar-refractivity contribution in [2.24, 2.45) is 0 Å². The van der Waals surface area contributed by atoms with Crippen molar-refractivity contribution in [3.63, 3.8) is 0 Å². The molecular formula is C14H23N3O4. The lowest BCUT2D eigenvalue weighted by atomic mass is 10.0. The van der Waals surface area contributed by atoms with Gasteiger partial charge in [0.1, 0.15) is 5.56 Å². The van der Waals surface area contributed by atoms with Crippen molar-refractivity contribution in [1.29, 1.82) is 0 Å². The summed E-state index contributed by atoms with van der Waals surface area (Å²) in [5.41, 5.74) is 1.59. The van der Waals surface area contributed by atoms with Gasteiger partial charge in [0.15, 0.2) is 5.82 Å². The second-order valence-corrected chi connectivity index (χ2v) is 4.69. The number of carboxylic acids is 1. The van der Waals surface area contributed by atoms with Crippen LogP contribution in [0.25, 0.3) is 0 Å². The van der Waals surface area contributed by atoms with Crippen molar-refractivity contribution in [2.45, 2.75) is 39.2 Å². The first kappa shape index (κ1) is 17.3. The zero-order valence-electron chi connectivity index (χ0n) is 12.7. The van der Waals surface area contributed by atoms with Crippen LogP contribution in [-0.4, -0.2) is 52.7 Å². The van der Waals surface area contributed by atoms with Crippen molar-refractivity contribution in [3.05, 3.63) is 16.8 Å². The maximum absolute atomic E-state index is 11.5. The number of nitrogens with zero attached hydrogens (tertiary/aromatic N) is 2. The molecule has 7 nitrogen and oxygen atoms in total.